The van der Waals surface area contributed by atoms with Crippen molar-refractivity contribution in [3.8, 4) is 5.75 Å². The number of methoxy groups -OCH3 is 1. The van der Waals surface area contributed by atoms with E-state index < -0.39 is 28.5 Å². The molecule has 0 radical (unpaired) electrons. The van der Waals surface area contributed by atoms with Crippen LogP contribution < -0.4 is 14.4 Å². The fourth-order valence-electron chi connectivity index (χ4n) is 3.96. The lowest BCUT2D eigenvalue weighted by Gasteiger charge is -2.32. The van der Waals surface area contributed by atoms with E-state index in [1.54, 1.807) is 61.5 Å². The van der Waals surface area contributed by atoms with Gasteiger partial charge in [0, 0.05) is 12.6 Å². The van der Waals surface area contributed by atoms with E-state index in [9.17, 15) is 18.0 Å². The maximum atomic E-state index is 13.9. The third kappa shape index (κ3) is 7.52. The average molecular weight is 572 g/mol. The van der Waals surface area contributed by atoms with Crippen LogP contribution in [0, 0.1) is 6.92 Å². The van der Waals surface area contributed by atoms with Gasteiger partial charge in [-0.2, -0.15) is 0 Å². The fourth-order valence-corrected chi connectivity index (χ4v) is 5.68. The van der Waals surface area contributed by atoms with E-state index in [1.807, 2.05) is 26.8 Å². The highest BCUT2D eigenvalue weighted by atomic mass is 35.5. The largest absolute Gasteiger partial charge is 0.497 e. The molecule has 0 aliphatic carbocycles. The molecule has 0 saturated carbocycles. The maximum Gasteiger partial charge on any atom is 0.264 e. The summed E-state index contributed by atoms with van der Waals surface area (Å²) < 4.78 is 34.0. The Morgan fingerprint density at radius 3 is 2.26 bits per heavy atom. The monoisotopic (exact) mass is 571 g/mol. The number of ether oxygens (including phenoxy) is 1. The van der Waals surface area contributed by atoms with Gasteiger partial charge in [0.2, 0.25) is 11.8 Å². The second kappa shape index (κ2) is 13.0. The van der Waals surface area contributed by atoms with Gasteiger partial charge in [0.1, 0.15) is 18.3 Å². The lowest BCUT2D eigenvalue weighted by Crippen LogP contribution is -2.52. The molecule has 0 fully saturated rings. The highest BCUT2D eigenvalue weighted by Gasteiger charge is 2.33. The smallest absolute Gasteiger partial charge is 0.264 e. The lowest BCUT2D eigenvalue weighted by molar-refractivity contribution is -0.139. The van der Waals surface area contributed by atoms with Gasteiger partial charge < -0.3 is 15.0 Å². The van der Waals surface area contributed by atoms with Crippen molar-refractivity contribution in [3.05, 3.63) is 88.9 Å². The number of benzene rings is 3. The van der Waals surface area contributed by atoms with Crippen molar-refractivity contribution >= 4 is 39.1 Å². The summed E-state index contributed by atoms with van der Waals surface area (Å²) in [6.07, 6.45) is 0. The molecule has 0 spiro atoms. The zero-order valence-electron chi connectivity index (χ0n) is 22.7. The van der Waals surface area contributed by atoms with Crippen LogP contribution in [0.3, 0.4) is 0 Å². The highest BCUT2D eigenvalue weighted by molar-refractivity contribution is 7.92. The Labute approximate surface area is 235 Å². The SMILES string of the molecule is COc1cccc(CN(C(=O)CN(c2ccccc2Cl)S(=O)(=O)c2ccc(C)cc2)C(C)C(=O)NC(C)C)c1. The Hall–Kier alpha value is -3.56. The first kappa shape index (κ1) is 30.0. The number of carbonyl (C=O) groups excluding carboxylic acids is 2. The van der Waals surface area contributed by atoms with Gasteiger partial charge in [0.15, 0.2) is 0 Å². The summed E-state index contributed by atoms with van der Waals surface area (Å²) in [5.74, 6) is -0.328. The number of rotatable bonds is 11. The molecule has 10 heteroatoms. The number of para-hydroxylation sites is 1. The van der Waals surface area contributed by atoms with E-state index in [0.717, 1.165) is 15.4 Å². The molecular weight excluding hydrogens is 538 g/mol. The number of amides is 2. The number of halogens is 1. The predicted molar refractivity (Wildman–Crippen MR) is 153 cm³/mol. The van der Waals surface area contributed by atoms with Crippen molar-refractivity contribution in [2.24, 2.45) is 0 Å². The molecule has 1 atom stereocenters. The van der Waals surface area contributed by atoms with Crippen LogP contribution in [-0.2, 0) is 26.2 Å². The molecule has 8 nitrogen and oxygen atoms in total. The number of hydrogen-bond acceptors (Lipinski definition) is 5. The molecule has 0 bridgehead atoms. The summed E-state index contributed by atoms with van der Waals surface area (Å²) in [5, 5.41) is 3.00. The van der Waals surface area contributed by atoms with Crippen LogP contribution in [-0.4, -0.2) is 50.9 Å². The summed E-state index contributed by atoms with van der Waals surface area (Å²) in [5.41, 5.74) is 1.77. The molecule has 0 heterocycles. The quantitative estimate of drug-likeness (QED) is 0.357. The zero-order valence-corrected chi connectivity index (χ0v) is 24.3. The third-order valence-electron chi connectivity index (χ3n) is 6.09. The van der Waals surface area contributed by atoms with Crippen LogP contribution in [0.5, 0.6) is 5.75 Å². The van der Waals surface area contributed by atoms with Crippen molar-refractivity contribution in [1.29, 1.82) is 0 Å². The maximum absolute atomic E-state index is 13.9. The van der Waals surface area contributed by atoms with Crippen LogP contribution in [0.15, 0.2) is 77.7 Å². The van der Waals surface area contributed by atoms with Gasteiger partial charge in [-0.15, -0.1) is 0 Å². The predicted octanol–water partition coefficient (Wildman–Crippen LogP) is 4.79. The molecule has 208 valence electrons. The van der Waals surface area contributed by atoms with E-state index in [2.05, 4.69) is 5.32 Å². The Kier molecular flexibility index (Phi) is 9.99. The van der Waals surface area contributed by atoms with Gasteiger partial charge >= 0.3 is 0 Å². The first-order valence-electron chi connectivity index (χ1n) is 12.5. The molecule has 1 N–H and O–H groups in total. The van der Waals surface area contributed by atoms with Crippen molar-refractivity contribution in [1.82, 2.24) is 10.2 Å². The third-order valence-corrected chi connectivity index (χ3v) is 8.19. The normalized spacial score (nSPS) is 12.1. The van der Waals surface area contributed by atoms with Gasteiger partial charge in [-0.1, -0.05) is 53.6 Å². The van der Waals surface area contributed by atoms with E-state index in [1.165, 1.54) is 24.1 Å². The van der Waals surface area contributed by atoms with Crippen molar-refractivity contribution in [3.63, 3.8) is 0 Å². The van der Waals surface area contributed by atoms with E-state index in [4.69, 9.17) is 16.3 Å². The van der Waals surface area contributed by atoms with E-state index in [-0.39, 0.29) is 34.1 Å². The number of nitrogens with one attached hydrogen (secondary N) is 1. The second-order valence-corrected chi connectivity index (χ2v) is 11.8. The molecule has 0 aliphatic heterocycles. The first-order valence-corrected chi connectivity index (χ1v) is 14.3. The minimum absolute atomic E-state index is 0.0192. The molecule has 0 aliphatic rings. The first-order chi connectivity index (χ1) is 18.4. The molecule has 3 rings (SSSR count). The number of hydrogen-bond donors (Lipinski definition) is 1. The van der Waals surface area contributed by atoms with E-state index in [0.29, 0.717) is 5.75 Å². The molecule has 0 saturated heterocycles. The Balaban J connectivity index is 2.05. The summed E-state index contributed by atoms with van der Waals surface area (Å²) in [4.78, 5) is 28.3. The van der Waals surface area contributed by atoms with Gasteiger partial charge in [0.05, 0.1) is 22.7 Å². The number of carbonyl (C=O) groups is 2. The van der Waals surface area contributed by atoms with Crippen LogP contribution in [0.2, 0.25) is 5.02 Å². The number of nitrogens with zero attached hydrogens (tertiary/aromatic N) is 2. The Morgan fingerprint density at radius 1 is 0.974 bits per heavy atom. The molecule has 0 aromatic heterocycles. The summed E-state index contributed by atoms with van der Waals surface area (Å²) in [6.45, 7) is 6.61. The van der Waals surface area contributed by atoms with Gasteiger partial charge in [0.25, 0.3) is 10.0 Å². The zero-order chi connectivity index (χ0) is 28.7. The average Bonchev–Trinajstić information content (AvgIpc) is 2.90. The Morgan fingerprint density at radius 2 is 1.64 bits per heavy atom. The van der Waals surface area contributed by atoms with Gasteiger partial charge in [-0.3, -0.25) is 13.9 Å². The lowest BCUT2D eigenvalue weighted by atomic mass is 10.1. The van der Waals surface area contributed by atoms with Crippen molar-refractivity contribution < 1.29 is 22.7 Å². The van der Waals surface area contributed by atoms with Crippen molar-refractivity contribution in [2.75, 3.05) is 18.0 Å². The molecule has 3 aromatic rings. The Bertz CT molecular complexity index is 1410. The number of sulfonamides is 1. The number of anilines is 1. The second-order valence-electron chi connectivity index (χ2n) is 9.49. The van der Waals surface area contributed by atoms with Crippen LogP contribution in [0.1, 0.15) is 31.9 Å². The summed E-state index contributed by atoms with van der Waals surface area (Å²) >= 11 is 6.43. The number of aryl methyl sites for hydroxylation is 1. The molecule has 39 heavy (non-hydrogen) atoms. The summed E-state index contributed by atoms with van der Waals surface area (Å²) in [6, 6.07) is 18.9. The minimum Gasteiger partial charge on any atom is -0.497 e. The highest BCUT2D eigenvalue weighted by Crippen LogP contribution is 2.31. The molecule has 3 aromatic carbocycles. The molecule has 1 unspecified atom stereocenters. The van der Waals surface area contributed by atoms with Crippen LogP contribution >= 0.6 is 11.6 Å². The standard InChI is InChI=1S/C29H34ClN3O5S/c1-20(2)31-29(35)22(4)32(18-23-9-8-10-24(17-23)38-5)28(34)19-33(27-12-7-6-11-26(27)30)39(36,37)25-15-13-21(3)14-16-25/h6-17,20,22H,18-19H2,1-5H3,(H,31,35). The fraction of sp³-hybridized carbons (Fsp3) is 0.310. The van der Waals surface area contributed by atoms with Gasteiger partial charge in [-0.05, 0) is 69.7 Å². The van der Waals surface area contributed by atoms with Crippen LogP contribution in [0.4, 0.5) is 5.69 Å². The van der Waals surface area contributed by atoms with Gasteiger partial charge in [-0.25, -0.2) is 8.42 Å². The van der Waals surface area contributed by atoms with E-state index >= 15 is 0 Å². The minimum atomic E-state index is -4.19. The molecule has 2 amide bonds. The van der Waals surface area contributed by atoms with Crippen molar-refractivity contribution in [2.45, 2.75) is 51.2 Å². The topological polar surface area (TPSA) is 96.0 Å². The molecular formula is C29H34ClN3O5S. The van der Waals surface area contributed by atoms with Crippen LogP contribution in [0.25, 0.3) is 0 Å². The summed E-state index contributed by atoms with van der Waals surface area (Å²) in [7, 11) is -2.65.